The molecule has 0 N–H and O–H groups in total. The molecule has 2 heterocycles. The Bertz CT molecular complexity index is 3110. The number of ether oxygens (including phenoxy) is 1. The van der Waals surface area contributed by atoms with Crippen LogP contribution >= 0.6 is 0 Å². The number of furan rings is 1. The molecule has 0 amide bonds. The van der Waals surface area contributed by atoms with Crippen molar-refractivity contribution in [1.82, 2.24) is 0 Å². The Hall–Kier alpha value is -7.04. The van der Waals surface area contributed by atoms with Gasteiger partial charge in [-0.05, 0) is 143 Å². The second-order valence-corrected chi connectivity index (χ2v) is 15.1. The fraction of sp³-hybridized carbons (Fsp3) is 0.0769. The van der Waals surface area contributed by atoms with Gasteiger partial charge in [0.2, 0.25) is 0 Å². The van der Waals surface area contributed by atoms with Crippen LogP contribution in [-0.4, -0.2) is 6.10 Å². The van der Waals surface area contributed by atoms with E-state index in [0.717, 1.165) is 67.2 Å². The number of nitrogens with zero attached hydrogens (tertiary/aromatic N) is 2. The fourth-order valence-corrected chi connectivity index (χ4v) is 8.74. The van der Waals surface area contributed by atoms with Crippen LogP contribution in [0.1, 0.15) is 22.6 Å². The number of hydrogen-bond donors (Lipinski definition) is 0. The first-order chi connectivity index (χ1) is 27.5. The van der Waals surface area contributed by atoms with Crippen LogP contribution in [0.15, 0.2) is 174 Å². The third-order valence-corrected chi connectivity index (χ3v) is 11.4. The highest BCUT2D eigenvalue weighted by molar-refractivity contribution is 6.12. The maximum atomic E-state index is 6.85. The Morgan fingerprint density at radius 3 is 1.75 bits per heavy atom. The number of aryl methyl sites for hydroxylation is 2. The smallest absolute Gasteiger partial charge is 0.177 e. The van der Waals surface area contributed by atoms with Crippen LogP contribution in [0.25, 0.3) is 44.9 Å². The maximum absolute atomic E-state index is 6.85. The highest BCUT2D eigenvalue weighted by Gasteiger charge is 2.35. The van der Waals surface area contributed by atoms with Crippen molar-refractivity contribution in [3.8, 4) is 5.75 Å². The highest BCUT2D eigenvalue weighted by atomic mass is 16.5. The molecule has 4 nitrogen and oxygen atoms in total. The van der Waals surface area contributed by atoms with Crippen LogP contribution in [0.4, 0.5) is 34.1 Å². The van der Waals surface area contributed by atoms with Crippen molar-refractivity contribution in [2.24, 2.45) is 0 Å². The van der Waals surface area contributed by atoms with E-state index in [-0.39, 0.29) is 12.0 Å². The number of anilines is 6. The summed E-state index contributed by atoms with van der Waals surface area (Å²) in [6.45, 7) is 4.28. The lowest BCUT2D eigenvalue weighted by Gasteiger charge is -2.26. The molecule has 2 atom stereocenters. The normalized spacial score (nSPS) is 15.4. The highest BCUT2D eigenvalue weighted by Crippen LogP contribution is 2.48. The Labute approximate surface area is 325 Å². The van der Waals surface area contributed by atoms with E-state index in [1.807, 2.05) is 0 Å². The summed E-state index contributed by atoms with van der Waals surface area (Å²) in [4.78, 5) is 4.64. The van der Waals surface area contributed by atoms with Crippen molar-refractivity contribution < 1.29 is 9.15 Å². The van der Waals surface area contributed by atoms with Gasteiger partial charge >= 0.3 is 0 Å². The maximum Gasteiger partial charge on any atom is 0.177 e. The van der Waals surface area contributed by atoms with E-state index in [1.165, 1.54) is 32.5 Å². The molecule has 1 aliphatic heterocycles. The van der Waals surface area contributed by atoms with Crippen molar-refractivity contribution in [2.45, 2.75) is 25.9 Å². The van der Waals surface area contributed by atoms with E-state index in [0.29, 0.717) is 0 Å². The third kappa shape index (κ3) is 5.37. The predicted octanol–water partition coefficient (Wildman–Crippen LogP) is 12.4. The van der Waals surface area contributed by atoms with Crippen LogP contribution in [0.5, 0.6) is 5.75 Å². The lowest BCUT2D eigenvalue weighted by Crippen LogP contribution is -2.34. The van der Waals surface area contributed by atoms with Crippen LogP contribution in [0.2, 0.25) is 0 Å². The molecule has 4 heteroatoms. The summed E-state index contributed by atoms with van der Waals surface area (Å²) in [5.41, 5.74) is 12.0. The van der Waals surface area contributed by atoms with Gasteiger partial charge in [-0.15, -0.1) is 0 Å². The first kappa shape index (κ1) is 32.4. The van der Waals surface area contributed by atoms with Crippen molar-refractivity contribution in [2.75, 3.05) is 9.80 Å². The number of rotatable bonds is 6. The van der Waals surface area contributed by atoms with Gasteiger partial charge in [-0.25, -0.2) is 0 Å². The summed E-state index contributed by atoms with van der Waals surface area (Å²) >= 11 is 0. The van der Waals surface area contributed by atoms with Gasteiger partial charge in [0.25, 0.3) is 0 Å². The molecule has 0 radical (unpaired) electrons. The molecule has 56 heavy (non-hydrogen) atoms. The molecule has 1 aromatic heterocycles. The number of para-hydroxylation sites is 2. The van der Waals surface area contributed by atoms with Crippen LogP contribution in [0, 0.1) is 13.8 Å². The molecule has 9 aromatic rings. The zero-order valence-electron chi connectivity index (χ0n) is 31.2. The summed E-state index contributed by atoms with van der Waals surface area (Å²) in [7, 11) is 0. The van der Waals surface area contributed by atoms with E-state index in [9.17, 15) is 0 Å². The quantitative estimate of drug-likeness (QED) is 0.171. The minimum absolute atomic E-state index is 0.107. The Morgan fingerprint density at radius 1 is 0.446 bits per heavy atom. The molecule has 8 aromatic carbocycles. The summed E-state index contributed by atoms with van der Waals surface area (Å²) in [5.74, 6) is 0.953. The van der Waals surface area contributed by atoms with E-state index < -0.39 is 0 Å². The third-order valence-electron chi connectivity index (χ3n) is 11.4. The molecule has 0 saturated carbocycles. The molecular weight excluding hydrogens is 685 g/mol. The van der Waals surface area contributed by atoms with E-state index in [1.54, 1.807) is 0 Å². The van der Waals surface area contributed by atoms with Gasteiger partial charge in [0.15, 0.2) is 11.3 Å². The summed E-state index contributed by atoms with van der Waals surface area (Å²) in [6, 6.07) is 60.8. The van der Waals surface area contributed by atoms with Crippen LogP contribution in [-0.2, 0) is 0 Å². The monoisotopic (exact) mass is 722 g/mol. The second-order valence-electron chi connectivity index (χ2n) is 15.1. The Kier molecular flexibility index (Phi) is 7.39. The molecule has 2 unspecified atom stereocenters. The van der Waals surface area contributed by atoms with Gasteiger partial charge in [-0.3, -0.25) is 0 Å². The van der Waals surface area contributed by atoms with E-state index in [2.05, 4.69) is 206 Å². The first-order valence-electron chi connectivity index (χ1n) is 19.3. The molecule has 0 spiro atoms. The van der Waals surface area contributed by atoms with Crippen molar-refractivity contribution in [3.05, 3.63) is 197 Å². The molecule has 0 fully saturated rings. The summed E-state index contributed by atoms with van der Waals surface area (Å²) in [6.07, 6.45) is 4.54. The zero-order valence-corrected chi connectivity index (χ0v) is 31.2. The van der Waals surface area contributed by atoms with Gasteiger partial charge in [0.1, 0.15) is 11.7 Å². The Morgan fingerprint density at radius 2 is 1.07 bits per heavy atom. The van der Waals surface area contributed by atoms with Gasteiger partial charge < -0.3 is 19.0 Å². The van der Waals surface area contributed by atoms with Crippen LogP contribution < -0.4 is 25.0 Å². The average molecular weight is 723 g/mol. The lowest BCUT2D eigenvalue weighted by molar-refractivity contribution is 0.288. The largest absolute Gasteiger partial charge is 0.481 e. The average Bonchev–Trinajstić information content (AvgIpc) is 3.77. The van der Waals surface area contributed by atoms with Gasteiger partial charge in [-0.1, -0.05) is 84.9 Å². The number of benzene rings is 8. The molecule has 11 rings (SSSR count). The van der Waals surface area contributed by atoms with Gasteiger partial charge in [0, 0.05) is 56.4 Å². The topological polar surface area (TPSA) is 28.9 Å². The fourth-order valence-electron chi connectivity index (χ4n) is 8.74. The van der Waals surface area contributed by atoms with Gasteiger partial charge in [-0.2, -0.15) is 0 Å². The van der Waals surface area contributed by atoms with E-state index in [4.69, 9.17) is 9.15 Å². The SMILES string of the molecule is Cc1cccc(N(c2ccccc2)c2ccc3c(c2)=CC2Oc4c(ccc5c4oc4cc6cc(N(c7ccccc7)c7cccc(C)c7)ccc6cc45)C2C=3)c1. The molecule has 2 aliphatic rings. The second kappa shape index (κ2) is 12.8. The van der Waals surface area contributed by atoms with Crippen molar-refractivity contribution in [3.63, 3.8) is 0 Å². The minimum atomic E-state index is -0.122. The predicted molar refractivity (Wildman–Crippen MR) is 232 cm³/mol. The molecule has 268 valence electrons. The molecule has 1 aliphatic carbocycles. The van der Waals surface area contributed by atoms with Gasteiger partial charge in [0.05, 0.1) is 0 Å². The molecule has 0 bridgehead atoms. The lowest BCUT2D eigenvalue weighted by atomic mass is 9.89. The minimum Gasteiger partial charge on any atom is -0.481 e. The Balaban J connectivity index is 0.975. The standard InChI is InChI=1S/C52H38N2O2/c1-33-11-9-17-41(25-33)53(39-13-5-3-6-14-39)43-21-19-35-29-47-45-23-24-46-48-30-36-20-22-44(54(40-15-7-4-8-16-40)42-18-10-12-34(2)26-42)28-38(36)32-50(48)56-52(46)51(45)55-49(47)31-37(35)27-43/h3-32,47,49H,1-2H3. The van der Waals surface area contributed by atoms with Crippen molar-refractivity contribution >= 4 is 79.0 Å². The molecular formula is C52H38N2O2. The molecule has 0 saturated heterocycles. The number of hydrogen-bond acceptors (Lipinski definition) is 4. The first-order valence-corrected chi connectivity index (χ1v) is 19.3. The zero-order chi connectivity index (χ0) is 37.3. The van der Waals surface area contributed by atoms with E-state index >= 15 is 0 Å². The van der Waals surface area contributed by atoms with Crippen molar-refractivity contribution in [1.29, 1.82) is 0 Å². The summed E-state index contributed by atoms with van der Waals surface area (Å²) in [5, 5.41) is 6.84. The summed E-state index contributed by atoms with van der Waals surface area (Å²) < 4.78 is 13.6. The number of fused-ring (bicyclic) bond motifs is 9. The van der Waals surface area contributed by atoms with Crippen LogP contribution in [0.3, 0.4) is 0 Å².